The van der Waals surface area contributed by atoms with Crippen LogP contribution in [0.25, 0.3) is 11.1 Å². The van der Waals surface area contributed by atoms with Gasteiger partial charge in [-0.1, -0.05) is 0 Å². The predicted molar refractivity (Wildman–Crippen MR) is 77.8 cm³/mol. The molecule has 19 heavy (non-hydrogen) atoms. The zero-order valence-electron chi connectivity index (χ0n) is 11.1. The van der Waals surface area contributed by atoms with E-state index in [1.807, 2.05) is 30.6 Å². The molecule has 1 aliphatic carbocycles. The number of rotatable bonds is 2. The van der Waals surface area contributed by atoms with Gasteiger partial charge in [0.2, 0.25) is 0 Å². The van der Waals surface area contributed by atoms with E-state index in [2.05, 4.69) is 18.0 Å². The average Bonchev–Trinajstić information content (AvgIpc) is 2.76. The van der Waals surface area contributed by atoms with Crippen molar-refractivity contribution in [1.29, 1.82) is 0 Å². The zero-order chi connectivity index (χ0) is 13.4. The number of benzene rings is 1. The van der Waals surface area contributed by atoms with Crippen molar-refractivity contribution in [2.75, 3.05) is 12.8 Å². The number of hydrogen-bond donors (Lipinski definition) is 1. The van der Waals surface area contributed by atoms with Gasteiger partial charge in [0.15, 0.2) is 0 Å². The molecule has 1 aliphatic rings. The van der Waals surface area contributed by atoms with E-state index in [4.69, 9.17) is 10.5 Å². The fourth-order valence-corrected chi connectivity index (χ4v) is 2.68. The highest BCUT2D eigenvalue weighted by Crippen LogP contribution is 2.41. The van der Waals surface area contributed by atoms with Crippen molar-refractivity contribution in [3.63, 3.8) is 0 Å². The summed E-state index contributed by atoms with van der Waals surface area (Å²) in [6, 6.07) is 7.83. The highest BCUT2D eigenvalue weighted by atomic mass is 16.5. The van der Waals surface area contributed by atoms with Gasteiger partial charge in [0, 0.05) is 30.1 Å². The van der Waals surface area contributed by atoms with Gasteiger partial charge < -0.3 is 10.5 Å². The number of aromatic nitrogens is 1. The molecule has 2 N–H and O–H groups in total. The fourth-order valence-electron chi connectivity index (χ4n) is 2.68. The van der Waals surface area contributed by atoms with Crippen molar-refractivity contribution in [3.8, 4) is 5.75 Å². The van der Waals surface area contributed by atoms with Gasteiger partial charge in [0.1, 0.15) is 5.75 Å². The number of anilines is 1. The predicted octanol–water partition coefficient (Wildman–Crippen LogP) is 3.16. The molecule has 2 aromatic rings. The fraction of sp³-hybridized carbons (Fsp3) is 0.188. The normalized spacial score (nSPS) is 13.6. The van der Waals surface area contributed by atoms with E-state index >= 15 is 0 Å². The van der Waals surface area contributed by atoms with Gasteiger partial charge in [-0.25, -0.2) is 0 Å². The van der Waals surface area contributed by atoms with Crippen molar-refractivity contribution in [2.45, 2.75) is 13.3 Å². The summed E-state index contributed by atoms with van der Waals surface area (Å²) in [5.74, 6) is 0.865. The Morgan fingerprint density at radius 2 is 2.05 bits per heavy atom. The summed E-state index contributed by atoms with van der Waals surface area (Å²) in [6.45, 7) is 2.14. The maximum absolute atomic E-state index is 5.91. The van der Waals surface area contributed by atoms with E-state index in [0.717, 1.165) is 23.4 Å². The third-order valence-corrected chi connectivity index (χ3v) is 3.68. The molecule has 0 radical (unpaired) electrons. The average molecular weight is 252 g/mol. The number of methoxy groups -OCH3 is 1. The molecule has 0 spiro atoms. The smallest absolute Gasteiger partial charge is 0.126 e. The molecule has 1 aromatic heterocycles. The van der Waals surface area contributed by atoms with Crippen LogP contribution in [0.15, 0.2) is 36.7 Å². The highest BCUT2D eigenvalue weighted by Gasteiger charge is 2.21. The molecule has 0 unspecified atom stereocenters. The molecular weight excluding hydrogens is 236 g/mol. The van der Waals surface area contributed by atoms with Crippen LogP contribution in [0, 0.1) is 0 Å². The summed E-state index contributed by atoms with van der Waals surface area (Å²) in [4.78, 5) is 4.20. The Labute approximate surface area is 112 Å². The maximum Gasteiger partial charge on any atom is 0.126 e. The minimum atomic E-state index is 0.755. The summed E-state index contributed by atoms with van der Waals surface area (Å²) in [5.41, 5.74) is 12.8. The minimum Gasteiger partial charge on any atom is -0.496 e. The van der Waals surface area contributed by atoms with Gasteiger partial charge in [-0.2, -0.15) is 0 Å². The highest BCUT2D eigenvalue weighted by molar-refractivity contribution is 5.97. The lowest BCUT2D eigenvalue weighted by Crippen LogP contribution is -1.95. The Morgan fingerprint density at radius 1 is 1.21 bits per heavy atom. The number of nitrogen functional groups attached to an aromatic ring is 1. The number of fused-ring (bicyclic) bond motifs is 1. The number of allylic oxidation sites excluding steroid dienone is 2. The molecule has 1 heterocycles. The summed E-state index contributed by atoms with van der Waals surface area (Å²) in [7, 11) is 1.69. The topological polar surface area (TPSA) is 48.1 Å². The summed E-state index contributed by atoms with van der Waals surface area (Å²) in [6.07, 6.45) is 4.65. The molecule has 0 fully saturated rings. The largest absolute Gasteiger partial charge is 0.496 e. The van der Waals surface area contributed by atoms with E-state index in [1.165, 1.54) is 22.3 Å². The molecule has 0 atom stereocenters. The van der Waals surface area contributed by atoms with Gasteiger partial charge in [0.25, 0.3) is 0 Å². The van der Waals surface area contributed by atoms with Gasteiger partial charge in [0.05, 0.1) is 7.11 Å². The van der Waals surface area contributed by atoms with Crippen molar-refractivity contribution in [3.05, 3.63) is 53.3 Å². The monoisotopic (exact) mass is 252 g/mol. The number of pyridine rings is 1. The second kappa shape index (κ2) is 4.43. The first-order valence-corrected chi connectivity index (χ1v) is 6.27. The minimum absolute atomic E-state index is 0.755. The van der Waals surface area contributed by atoms with Crippen LogP contribution in [-0.4, -0.2) is 12.1 Å². The van der Waals surface area contributed by atoms with E-state index in [0.29, 0.717) is 0 Å². The Bertz CT molecular complexity index is 674. The van der Waals surface area contributed by atoms with Crippen molar-refractivity contribution in [2.24, 2.45) is 0 Å². The molecular formula is C16H16N2O. The first-order valence-electron chi connectivity index (χ1n) is 6.27. The van der Waals surface area contributed by atoms with E-state index in [1.54, 1.807) is 7.11 Å². The molecule has 3 nitrogen and oxygen atoms in total. The molecule has 1 aromatic carbocycles. The van der Waals surface area contributed by atoms with Crippen LogP contribution in [0.4, 0.5) is 5.69 Å². The summed E-state index contributed by atoms with van der Waals surface area (Å²) < 4.78 is 5.45. The van der Waals surface area contributed by atoms with Gasteiger partial charge in [-0.15, -0.1) is 0 Å². The van der Waals surface area contributed by atoms with Crippen LogP contribution in [0.2, 0.25) is 0 Å². The SMILES string of the molecule is COc1ccc(N)cc1C1=C(C)c2ccncc2C1. The Balaban J connectivity index is 2.15. The lowest BCUT2D eigenvalue weighted by molar-refractivity contribution is 0.413. The molecule has 0 saturated carbocycles. The van der Waals surface area contributed by atoms with E-state index in [9.17, 15) is 0 Å². The second-order valence-electron chi connectivity index (χ2n) is 4.77. The third-order valence-electron chi connectivity index (χ3n) is 3.68. The molecule has 3 rings (SSSR count). The van der Waals surface area contributed by atoms with Crippen LogP contribution in [-0.2, 0) is 6.42 Å². The van der Waals surface area contributed by atoms with Crippen LogP contribution in [0.1, 0.15) is 23.6 Å². The Kier molecular flexibility index (Phi) is 2.75. The third kappa shape index (κ3) is 1.87. The van der Waals surface area contributed by atoms with Crippen molar-refractivity contribution in [1.82, 2.24) is 4.98 Å². The molecule has 0 amide bonds. The second-order valence-corrected chi connectivity index (χ2v) is 4.77. The van der Waals surface area contributed by atoms with Crippen molar-refractivity contribution < 1.29 is 4.74 Å². The molecule has 0 bridgehead atoms. The number of nitrogens with two attached hydrogens (primary N) is 1. The van der Waals surface area contributed by atoms with Crippen molar-refractivity contribution >= 4 is 16.8 Å². The van der Waals surface area contributed by atoms with Crippen LogP contribution < -0.4 is 10.5 Å². The van der Waals surface area contributed by atoms with Gasteiger partial charge in [-0.3, -0.25) is 4.98 Å². The molecule has 0 aliphatic heterocycles. The van der Waals surface area contributed by atoms with Crippen LogP contribution >= 0.6 is 0 Å². The zero-order valence-corrected chi connectivity index (χ0v) is 11.1. The molecule has 96 valence electrons. The van der Waals surface area contributed by atoms with Crippen LogP contribution in [0.3, 0.4) is 0 Å². The molecule has 3 heteroatoms. The number of ether oxygens (including phenoxy) is 1. The lowest BCUT2D eigenvalue weighted by atomic mass is 9.99. The first kappa shape index (κ1) is 11.8. The first-order chi connectivity index (χ1) is 9.20. The summed E-state index contributed by atoms with van der Waals surface area (Å²) in [5, 5.41) is 0. The Hall–Kier alpha value is -2.29. The van der Waals surface area contributed by atoms with E-state index in [-0.39, 0.29) is 0 Å². The number of nitrogens with zero attached hydrogens (tertiary/aromatic N) is 1. The van der Waals surface area contributed by atoms with Crippen LogP contribution in [0.5, 0.6) is 5.75 Å². The van der Waals surface area contributed by atoms with Gasteiger partial charge >= 0.3 is 0 Å². The lowest BCUT2D eigenvalue weighted by Gasteiger charge is -2.11. The quantitative estimate of drug-likeness (QED) is 0.835. The maximum atomic E-state index is 5.91. The van der Waals surface area contributed by atoms with E-state index < -0.39 is 0 Å². The summed E-state index contributed by atoms with van der Waals surface area (Å²) >= 11 is 0. The standard InChI is InChI=1S/C16H16N2O/c1-10-13-5-6-18-9-11(13)7-14(10)15-8-12(17)3-4-16(15)19-2/h3-6,8-9H,7,17H2,1-2H3. The molecule has 0 saturated heterocycles. The van der Waals surface area contributed by atoms with Gasteiger partial charge in [-0.05, 0) is 53.5 Å². The number of hydrogen-bond acceptors (Lipinski definition) is 3. The Morgan fingerprint density at radius 3 is 2.79 bits per heavy atom.